The normalized spacial score (nSPS) is 27.8. The van der Waals surface area contributed by atoms with Crippen molar-refractivity contribution in [1.82, 2.24) is 34.8 Å². The average Bonchev–Trinajstić information content (AvgIpc) is 3.81. The largest absolute Gasteiger partial charge is 0.507 e. The first-order valence-corrected chi connectivity index (χ1v) is 18.4. The number of piperazine rings is 1. The molecule has 6 fully saturated rings. The predicted molar refractivity (Wildman–Crippen MR) is 184 cm³/mol. The smallest absolute Gasteiger partial charge is 0.278 e. The Morgan fingerprint density at radius 1 is 1.12 bits per heavy atom. The fraction of sp³-hybridized carbons (Fsp3) is 0.611. The molecule has 10 rings (SSSR count). The fourth-order valence-electron chi connectivity index (χ4n) is 9.92. The molecule has 276 valence electrons. The van der Waals surface area contributed by atoms with Gasteiger partial charge in [-0.1, -0.05) is 6.92 Å². The molecule has 2 atom stereocenters. The molecule has 0 unspecified atom stereocenters. The number of H-pyrrole nitrogens is 1. The Morgan fingerprint density at radius 3 is 2.50 bits per heavy atom. The molecule has 1 saturated heterocycles. The molecule has 0 radical (unpaired) electrons. The Kier molecular flexibility index (Phi) is 7.48. The van der Waals surface area contributed by atoms with Crippen molar-refractivity contribution in [3.8, 4) is 5.75 Å². The zero-order valence-corrected chi connectivity index (χ0v) is 29.2. The van der Waals surface area contributed by atoms with Gasteiger partial charge in [0.25, 0.3) is 17.9 Å². The molecule has 16 heteroatoms. The minimum atomic E-state index is -3.03. The second-order valence-corrected chi connectivity index (χ2v) is 15.7. The lowest BCUT2D eigenvalue weighted by Crippen LogP contribution is -2.75. The second-order valence-electron chi connectivity index (χ2n) is 15.7. The maximum atomic E-state index is 14.5. The lowest BCUT2D eigenvalue weighted by Gasteiger charge is -2.71. The van der Waals surface area contributed by atoms with Gasteiger partial charge in [-0.2, -0.15) is 4.80 Å². The van der Waals surface area contributed by atoms with Crippen LogP contribution >= 0.6 is 0 Å². The molecular formula is C36H42F2N8O6. The number of hydrogen-bond donors (Lipinski definition) is 3. The van der Waals surface area contributed by atoms with Crippen LogP contribution in [-0.2, 0) is 22.5 Å². The van der Waals surface area contributed by atoms with Crippen LogP contribution in [0.4, 0.5) is 14.5 Å². The topological polar surface area (TPSA) is 168 Å². The number of nitrogens with one attached hydrogen (secondary N) is 2. The predicted octanol–water partition coefficient (Wildman–Crippen LogP) is 3.00. The van der Waals surface area contributed by atoms with Gasteiger partial charge in [0, 0.05) is 42.3 Å². The third-order valence-corrected chi connectivity index (χ3v) is 12.7. The van der Waals surface area contributed by atoms with Gasteiger partial charge in [0.2, 0.25) is 11.3 Å². The number of halogens is 2. The number of ether oxygens (including phenoxy) is 1. The molecule has 14 nitrogen and oxygen atoms in total. The van der Waals surface area contributed by atoms with E-state index in [0.717, 1.165) is 30.9 Å². The van der Waals surface area contributed by atoms with E-state index in [0.29, 0.717) is 61.3 Å². The zero-order chi connectivity index (χ0) is 36.3. The number of pyridine rings is 2. The molecule has 5 saturated carbocycles. The molecule has 3 aromatic rings. The van der Waals surface area contributed by atoms with Gasteiger partial charge < -0.3 is 34.5 Å². The van der Waals surface area contributed by atoms with Crippen molar-refractivity contribution in [3.63, 3.8) is 0 Å². The summed E-state index contributed by atoms with van der Waals surface area (Å²) in [5, 5.41) is 23.5. The van der Waals surface area contributed by atoms with Crippen molar-refractivity contribution in [2.45, 2.75) is 102 Å². The molecule has 52 heavy (non-hydrogen) atoms. The number of alkyl halides is 2. The van der Waals surface area contributed by atoms with E-state index in [1.807, 2.05) is 22.5 Å². The van der Waals surface area contributed by atoms with Crippen molar-refractivity contribution in [2.24, 2.45) is 11.3 Å². The molecule has 0 spiro atoms. The number of carbonyl (C=O) groups excluding carboxylic acids is 2. The maximum Gasteiger partial charge on any atom is 0.278 e. The lowest BCUT2D eigenvalue weighted by molar-refractivity contribution is -0.176. The first kappa shape index (κ1) is 33.3. The molecule has 3 N–H and O–H groups in total. The molecule has 0 aromatic carbocycles. The third-order valence-electron chi connectivity index (χ3n) is 12.7. The van der Waals surface area contributed by atoms with Gasteiger partial charge in [-0.15, -0.1) is 10.2 Å². The van der Waals surface area contributed by atoms with Gasteiger partial charge >= 0.3 is 0 Å². The molecular weight excluding hydrogens is 678 g/mol. The quantitative estimate of drug-likeness (QED) is 0.301. The summed E-state index contributed by atoms with van der Waals surface area (Å²) in [6, 6.07) is -0.705. The van der Waals surface area contributed by atoms with Crippen LogP contribution in [0.25, 0.3) is 16.9 Å². The summed E-state index contributed by atoms with van der Waals surface area (Å²) in [4.78, 5) is 62.0. The van der Waals surface area contributed by atoms with E-state index >= 15 is 0 Å². The minimum Gasteiger partial charge on any atom is -0.507 e. The van der Waals surface area contributed by atoms with Crippen LogP contribution in [0.1, 0.15) is 92.0 Å². The van der Waals surface area contributed by atoms with Crippen LogP contribution in [0.5, 0.6) is 5.75 Å². The second kappa shape index (κ2) is 11.7. The van der Waals surface area contributed by atoms with Crippen molar-refractivity contribution >= 4 is 34.4 Å². The standard InChI is InChI=1S/C36H42F2N8O6/c1-3-21-28(43-10-11-44(23-7-6-22(23)43)34(51)25-29(48)18(2)26(31(37)38)39-33(25)50)30(49)27-32(42-46(41-27)20-8-12-52-13-9-20)45(21)14-24(47)40-36-15-35(16-36,17-36)19-4-5-19/h8,19,22-23,31H,3-7,9-17H2,1-2H3,(H,40,47)(H2,39,48,50)/t22-,23-,35?,36?/m0/s1. The average molecular weight is 721 g/mol. The fourth-order valence-corrected chi connectivity index (χ4v) is 9.92. The number of carbonyl (C=O) groups is 2. The molecule has 5 aliphatic carbocycles. The number of amides is 2. The van der Waals surface area contributed by atoms with Gasteiger partial charge in [0.05, 0.1) is 30.6 Å². The first-order chi connectivity index (χ1) is 24.9. The highest BCUT2D eigenvalue weighted by atomic mass is 19.3. The Balaban J connectivity index is 1.06. The van der Waals surface area contributed by atoms with Gasteiger partial charge in [-0.3, -0.25) is 19.2 Å². The number of aromatic nitrogens is 5. The van der Waals surface area contributed by atoms with Crippen molar-refractivity contribution < 1.29 is 28.2 Å². The third kappa shape index (κ3) is 4.88. The summed E-state index contributed by atoms with van der Waals surface area (Å²) in [6.07, 6.45) is 6.73. The lowest BCUT2D eigenvalue weighted by atomic mass is 9.37. The summed E-state index contributed by atoms with van der Waals surface area (Å²) >= 11 is 0. The van der Waals surface area contributed by atoms with Gasteiger partial charge in [-0.05, 0) is 75.7 Å². The van der Waals surface area contributed by atoms with Crippen molar-refractivity contribution in [1.29, 1.82) is 0 Å². The number of rotatable bonds is 9. The highest BCUT2D eigenvalue weighted by molar-refractivity contribution is 5.97. The van der Waals surface area contributed by atoms with E-state index in [9.17, 15) is 33.1 Å². The van der Waals surface area contributed by atoms with Crippen LogP contribution in [0, 0.1) is 18.3 Å². The van der Waals surface area contributed by atoms with Gasteiger partial charge in [0.15, 0.2) is 11.2 Å². The van der Waals surface area contributed by atoms with E-state index in [1.165, 1.54) is 29.5 Å². The number of aromatic amines is 1. The minimum absolute atomic E-state index is 0.0332. The number of anilines is 1. The number of aromatic hydroxyl groups is 1. The highest BCUT2D eigenvalue weighted by Gasteiger charge is 2.72. The van der Waals surface area contributed by atoms with Crippen LogP contribution < -0.4 is 21.2 Å². The SMILES string of the molecule is CCc1c(N2CCN(C(=O)c3c(O)c(C)c(C(F)F)[nH]c3=O)[C@H]3CC[C@@H]32)c(=O)c2nn(C3=CCOCC3)nc2n1CC(=O)NC12CC(C3CC3)(C1)C2. The van der Waals surface area contributed by atoms with Crippen LogP contribution in [0.2, 0.25) is 0 Å². The van der Waals surface area contributed by atoms with Crippen LogP contribution in [0.15, 0.2) is 15.7 Å². The molecule has 7 aliphatic rings. The summed E-state index contributed by atoms with van der Waals surface area (Å²) in [7, 11) is 0. The van der Waals surface area contributed by atoms with E-state index in [2.05, 4.69) is 15.4 Å². The zero-order valence-electron chi connectivity index (χ0n) is 29.2. The van der Waals surface area contributed by atoms with E-state index < -0.39 is 40.9 Å². The van der Waals surface area contributed by atoms with E-state index in [1.54, 1.807) is 0 Å². The Morgan fingerprint density at radius 2 is 1.87 bits per heavy atom. The van der Waals surface area contributed by atoms with E-state index in [-0.39, 0.29) is 53.6 Å². The first-order valence-electron chi connectivity index (χ1n) is 18.4. The molecule has 5 heterocycles. The van der Waals surface area contributed by atoms with Crippen LogP contribution in [0.3, 0.4) is 0 Å². The summed E-state index contributed by atoms with van der Waals surface area (Å²) in [5.74, 6) is -0.834. The van der Waals surface area contributed by atoms with E-state index in [4.69, 9.17) is 9.84 Å². The van der Waals surface area contributed by atoms with Gasteiger partial charge in [0.1, 0.15) is 23.5 Å². The summed E-state index contributed by atoms with van der Waals surface area (Å²) in [5.41, 5.74) is -0.341. The number of hydrogen-bond acceptors (Lipinski definition) is 9. The number of fused-ring (bicyclic) bond motifs is 2. The molecule has 2 bridgehead atoms. The Hall–Kier alpha value is -4.60. The number of nitrogens with zero attached hydrogens (tertiary/aromatic N) is 6. The van der Waals surface area contributed by atoms with Crippen molar-refractivity contribution in [3.05, 3.63) is 49.2 Å². The summed E-state index contributed by atoms with van der Waals surface area (Å²) in [6.45, 7) is 4.37. The molecule has 3 aromatic heterocycles. The summed E-state index contributed by atoms with van der Waals surface area (Å²) < 4.78 is 34.2. The maximum absolute atomic E-state index is 14.5. The van der Waals surface area contributed by atoms with Crippen LogP contribution in [-0.4, -0.2) is 90.3 Å². The monoisotopic (exact) mass is 720 g/mol. The highest BCUT2D eigenvalue weighted by Crippen LogP contribution is 2.75. The Bertz CT molecular complexity index is 2170. The Labute approximate surface area is 296 Å². The molecule has 2 aliphatic heterocycles. The van der Waals surface area contributed by atoms with Gasteiger partial charge in [-0.25, -0.2) is 8.78 Å². The molecule has 2 amide bonds. The van der Waals surface area contributed by atoms with Crippen molar-refractivity contribution in [2.75, 3.05) is 31.2 Å².